The van der Waals surface area contributed by atoms with E-state index >= 15 is 0 Å². The van der Waals surface area contributed by atoms with Crippen LogP contribution < -0.4 is 10.6 Å². The lowest BCUT2D eigenvalue weighted by atomic mass is 9.96. The second-order valence-corrected chi connectivity index (χ2v) is 8.86. The molecule has 154 valence electrons. The fraction of sp³-hybridized carbons (Fsp3) is 0.333. The predicted octanol–water partition coefficient (Wildman–Crippen LogP) is 2.89. The van der Waals surface area contributed by atoms with Gasteiger partial charge in [-0.3, -0.25) is 14.5 Å². The van der Waals surface area contributed by atoms with E-state index in [9.17, 15) is 14.4 Å². The third-order valence-corrected chi connectivity index (χ3v) is 6.67. The van der Waals surface area contributed by atoms with Crippen LogP contribution in [0.1, 0.15) is 25.5 Å². The number of fused-ring (bicyclic) bond motifs is 1. The maximum atomic E-state index is 12.6. The van der Waals surface area contributed by atoms with Crippen molar-refractivity contribution in [3.05, 3.63) is 42.2 Å². The second kappa shape index (κ2) is 6.94. The number of hydrogen-bond donors (Lipinski definition) is 2. The van der Waals surface area contributed by atoms with Crippen molar-refractivity contribution in [3.63, 3.8) is 0 Å². The zero-order valence-corrected chi connectivity index (χ0v) is 17.1. The molecule has 1 saturated heterocycles. The highest BCUT2D eigenvalue weighted by molar-refractivity contribution is 7.21. The van der Waals surface area contributed by atoms with E-state index in [0.29, 0.717) is 11.5 Å². The zero-order chi connectivity index (χ0) is 20.9. The molecule has 2 aliphatic rings. The van der Waals surface area contributed by atoms with Crippen LogP contribution >= 0.6 is 11.3 Å². The van der Waals surface area contributed by atoms with Gasteiger partial charge in [-0.2, -0.15) is 0 Å². The van der Waals surface area contributed by atoms with Gasteiger partial charge in [0.2, 0.25) is 5.91 Å². The maximum Gasteiger partial charge on any atom is 0.325 e. The van der Waals surface area contributed by atoms with Crippen LogP contribution in [0.25, 0.3) is 21.0 Å². The molecule has 1 saturated carbocycles. The number of rotatable bonds is 6. The molecule has 8 nitrogen and oxygen atoms in total. The SMILES string of the molecule is CC1(C2CC2)NC(=O)N(CC(=O)NCc2ccc(-c3nc4ccccc4s3)o2)C1=O. The van der Waals surface area contributed by atoms with E-state index in [1.165, 1.54) is 11.3 Å². The Kier molecular flexibility index (Phi) is 4.35. The minimum Gasteiger partial charge on any atom is -0.457 e. The minimum absolute atomic E-state index is 0.158. The van der Waals surface area contributed by atoms with E-state index in [4.69, 9.17) is 4.42 Å². The highest BCUT2D eigenvalue weighted by Crippen LogP contribution is 2.42. The van der Waals surface area contributed by atoms with E-state index < -0.39 is 17.5 Å². The van der Waals surface area contributed by atoms with Crippen LogP contribution in [0.5, 0.6) is 0 Å². The molecular weight excluding hydrogens is 404 g/mol. The molecule has 1 atom stereocenters. The Hall–Kier alpha value is -3.20. The summed E-state index contributed by atoms with van der Waals surface area (Å²) < 4.78 is 6.88. The smallest absolute Gasteiger partial charge is 0.325 e. The number of carbonyl (C=O) groups excluding carboxylic acids is 3. The van der Waals surface area contributed by atoms with E-state index in [2.05, 4.69) is 15.6 Å². The summed E-state index contributed by atoms with van der Waals surface area (Å²) in [7, 11) is 0. The number of imide groups is 1. The quantitative estimate of drug-likeness (QED) is 0.592. The first-order valence-electron chi connectivity index (χ1n) is 9.79. The minimum atomic E-state index is -0.884. The number of nitrogens with one attached hydrogen (secondary N) is 2. The lowest BCUT2D eigenvalue weighted by Crippen LogP contribution is -2.46. The highest BCUT2D eigenvalue weighted by Gasteiger charge is 2.56. The summed E-state index contributed by atoms with van der Waals surface area (Å²) in [4.78, 5) is 42.6. The number of benzene rings is 1. The Labute approximate surface area is 176 Å². The molecule has 1 aliphatic carbocycles. The summed E-state index contributed by atoms with van der Waals surface area (Å²) >= 11 is 1.54. The van der Waals surface area contributed by atoms with Crippen molar-refractivity contribution in [1.29, 1.82) is 0 Å². The molecule has 2 N–H and O–H groups in total. The topological polar surface area (TPSA) is 105 Å². The number of furan rings is 1. The molecule has 0 radical (unpaired) electrons. The monoisotopic (exact) mass is 424 g/mol. The molecule has 1 aromatic carbocycles. The molecule has 2 fully saturated rings. The summed E-state index contributed by atoms with van der Waals surface area (Å²) in [5, 5.41) is 6.21. The van der Waals surface area contributed by atoms with Crippen molar-refractivity contribution < 1.29 is 18.8 Å². The van der Waals surface area contributed by atoms with Gasteiger partial charge in [0.1, 0.15) is 17.8 Å². The predicted molar refractivity (Wildman–Crippen MR) is 111 cm³/mol. The molecule has 0 bridgehead atoms. The number of aromatic nitrogens is 1. The van der Waals surface area contributed by atoms with Crippen LogP contribution in [0.3, 0.4) is 0 Å². The van der Waals surface area contributed by atoms with Gasteiger partial charge >= 0.3 is 6.03 Å². The third-order valence-electron chi connectivity index (χ3n) is 5.62. The summed E-state index contributed by atoms with van der Waals surface area (Å²) in [6.07, 6.45) is 1.83. The summed E-state index contributed by atoms with van der Waals surface area (Å²) in [6, 6.07) is 10.9. The third kappa shape index (κ3) is 3.24. The summed E-state index contributed by atoms with van der Waals surface area (Å²) in [6.45, 7) is 1.58. The molecule has 2 aromatic heterocycles. The zero-order valence-electron chi connectivity index (χ0n) is 16.3. The standard InChI is InChI=1S/C21H20N4O4S/c1-21(12-6-7-12)19(27)25(20(28)24-21)11-17(26)22-10-13-8-9-15(29-13)18-23-14-4-2-3-5-16(14)30-18/h2-5,8-9,12H,6-7,10-11H2,1H3,(H,22,26)(H,24,28). The van der Waals surface area contributed by atoms with Crippen LogP contribution in [0.2, 0.25) is 0 Å². The van der Waals surface area contributed by atoms with E-state index in [-0.39, 0.29) is 24.9 Å². The molecule has 0 spiro atoms. The van der Waals surface area contributed by atoms with Gasteiger partial charge in [-0.05, 0) is 49.9 Å². The number of carbonyl (C=O) groups is 3. The lowest BCUT2D eigenvalue weighted by molar-refractivity contribution is -0.135. The van der Waals surface area contributed by atoms with Crippen LogP contribution in [-0.2, 0) is 16.1 Å². The van der Waals surface area contributed by atoms with E-state index in [0.717, 1.165) is 33.0 Å². The van der Waals surface area contributed by atoms with Crippen molar-refractivity contribution in [2.24, 2.45) is 5.92 Å². The Balaban J connectivity index is 1.20. The average Bonchev–Trinajstić information content (AvgIpc) is 3.27. The largest absolute Gasteiger partial charge is 0.457 e. The first-order valence-corrected chi connectivity index (χ1v) is 10.6. The van der Waals surface area contributed by atoms with E-state index in [1.54, 1.807) is 13.0 Å². The van der Waals surface area contributed by atoms with Gasteiger partial charge in [0.15, 0.2) is 10.8 Å². The maximum absolute atomic E-state index is 12.6. The van der Waals surface area contributed by atoms with Crippen LogP contribution in [-0.4, -0.2) is 39.8 Å². The molecular formula is C21H20N4O4S. The van der Waals surface area contributed by atoms with Crippen molar-refractivity contribution >= 4 is 39.4 Å². The number of urea groups is 1. The van der Waals surface area contributed by atoms with Crippen molar-refractivity contribution in [1.82, 2.24) is 20.5 Å². The molecule has 3 aromatic rings. The number of para-hydroxylation sites is 1. The van der Waals surface area contributed by atoms with Gasteiger partial charge in [0.25, 0.3) is 5.91 Å². The normalized spacial score (nSPS) is 21.3. The molecule has 30 heavy (non-hydrogen) atoms. The van der Waals surface area contributed by atoms with Crippen LogP contribution in [0.15, 0.2) is 40.8 Å². The lowest BCUT2D eigenvalue weighted by Gasteiger charge is -2.20. The van der Waals surface area contributed by atoms with Crippen LogP contribution in [0, 0.1) is 5.92 Å². The summed E-state index contributed by atoms with van der Waals surface area (Å²) in [5.74, 6) is 0.608. The highest BCUT2D eigenvalue weighted by atomic mass is 32.1. The fourth-order valence-electron chi connectivity index (χ4n) is 3.75. The molecule has 9 heteroatoms. The molecule has 5 rings (SSSR count). The van der Waals surface area contributed by atoms with E-state index in [1.807, 2.05) is 30.3 Å². The van der Waals surface area contributed by atoms with Crippen LogP contribution in [0.4, 0.5) is 4.79 Å². The molecule has 3 heterocycles. The Bertz CT molecular complexity index is 1130. The van der Waals surface area contributed by atoms with Crippen molar-refractivity contribution in [3.8, 4) is 10.8 Å². The number of thiazole rings is 1. The Morgan fingerprint density at radius 2 is 2.10 bits per heavy atom. The van der Waals surface area contributed by atoms with Gasteiger partial charge in [-0.1, -0.05) is 12.1 Å². The molecule has 1 unspecified atom stereocenters. The number of hydrogen-bond acceptors (Lipinski definition) is 6. The molecule has 4 amide bonds. The fourth-order valence-corrected chi connectivity index (χ4v) is 4.67. The number of nitrogens with zero attached hydrogens (tertiary/aromatic N) is 2. The second-order valence-electron chi connectivity index (χ2n) is 7.83. The Morgan fingerprint density at radius 1 is 1.30 bits per heavy atom. The van der Waals surface area contributed by atoms with Gasteiger partial charge < -0.3 is 15.1 Å². The number of amides is 4. The van der Waals surface area contributed by atoms with Crippen molar-refractivity contribution in [2.75, 3.05) is 6.54 Å². The first kappa shape index (κ1) is 18.8. The summed E-state index contributed by atoms with van der Waals surface area (Å²) in [5.41, 5.74) is 0.0281. The first-order chi connectivity index (χ1) is 14.4. The van der Waals surface area contributed by atoms with Gasteiger partial charge in [-0.25, -0.2) is 9.78 Å². The average molecular weight is 424 g/mol. The van der Waals surface area contributed by atoms with Gasteiger partial charge in [0.05, 0.1) is 16.8 Å². The van der Waals surface area contributed by atoms with Crippen molar-refractivity contribution in [2.45, 2.75) is 31.8 Å². The Morgan fingerprint density at radius 3 is 2.87 bits per heavy atom. The van der Waals surface area contributed by atoms with Gasteiger partial charge in [-0.15, -0.1) is 11.3 Å². The van der Waals surface area contributed by atoms with Gasteiger partial charge in [0, 0.05) is 0 Å². The molecule has 1 aliphatic heterocycles.